The molecule has 1 heteroatoms. The quantitative estimate of drug-likeness (QED) is 0.212. The predicted molar refractivity (Wildman–Crippen MR) is 124 cm³/mol. The summed E-state index contributed by atoms with van der Waals surface area (Å²) >= 11 is 0. The van der Waals surface area contributed by atoms with E-state index in [0.29, 0.717) is 6.10 Å². The van der Waals surface area contributed by atoms with Crippen molar-refractivity contribution >= 4 is 0 Å². The van der Waals surface area contributed by atoms with E-state index in [9.17, 15) is 0 Å². The molecule has 0 amide bonds. The Labute approximate surface area is 177 Å². The maximum absolute atomic E-state index is 6.17. The van der Waals surface area contributed by atoms with E-state index in [2.05, 4.69) is 26.0 Å². The normalized spacial score (nSPS) is 28.8. The molecule has 1 nitrogen and oxygen atoms in total. The molecule has 0 aromatic heterocycles. The van der Waals surface area contributed by atoms with Crippen molar-refractivity contribution in [2.75, 3.05) is 6.61 Å². The van der Waals surface area contributed by atoms with Gasteiger partial charge in [-0.25, -0.2) is 0 Å². The summed E-state index contributed by atoms with van der Waals surface area (Å²) in [5.41, 5.74) is 0. The van der Waals surface area contributed by atoms with Crippen LogP contribution in [0.25, 0.3) is 0 Å². The minimum Gasteiger partial charge on any atom is -0.374 e. The van der Waals surface area contributed by atoms with Gasteiger partial charge in [0.25, 0.3) is 0 Å². The van der Waals surface area contributed by atoms with Crippen LogP contribution < -0.4 is 0 Å². The fourth-order valence-electron chi connectivity index (χ4n) is 5.42. The largest absolute Gasteiger partial charge is 0.374 e. The van der Waals surface area contributed by atoms with Crippen molar-refractivity contribution in [2.45, 2.75) is 136 Å². The van der Waals surface area contributed by atoms with E-state index in [1.165, 1.54) is 116 Å². The number of unbranched alkanes of at least 4 members (excludes halogenated alkanes) is 6. The van der Waals surface area contributed by atoms with Crippen molar-refractivity contribution in [3.63, 3.8) is 0 Å². The lowest BCUT2D eigenvalue weighted by Gasteiger charge is -2.28. The zero-order valence-electron chi connectivity index (χ0n) is 19.3. The van der Waals surface area contributed by atoms with Crippen LogP contribution in [-0.2, 0) is 4.74 Å². The van der Waals surface area contributed by atoms with Gasteiger partial charge in [0.05, 0.1) is 12.7 Å². The highest BCUT2D eigenvalue weighted by atomic mass is 16.5. The number of hydrogen-bond donors (Lipinski definition) is 0. The molecule has 0 radical (unpaired) electrons. The van der Waals surface area contributed by atoms with Crippen LogP contribution in [0.5, 0.6) is 0 Å². The van der Waals surface area contributed by atoms with Gasteiger partial charge in [0.2, 0.25) is 0 Å². The summed E-state index contributed by atoms with van der Waals surface area (Å²) in [5, 5.41) is 0. The average Bonchev–Trinajstić information content (AvgIpc) is 2.73. The fraction of sp³-hybridized carbons (Fsp3) is 0.926. The Kier molecular flexibility index (Phi) is 13.3. The van der Waals surface area contributed by atoms with E-state index in [0.717, 1.165) is 24.4 Å². The predicted octanol–water partition coefficient (Wildman–Crippen LogP) is 8.87. The molecule has 2 saturated carbocycles. The molecule has 0 aliphatic heterocycles. The van der Waals surface area contributed by atoms with Crippen LogP contribution in [0.15, 0.2) is 12.2 Å². The SMILES string of the molecule is CCCCCCCC1CCC(/C=C/COC2CCC(CCCCC)CC2)CC1. The van der Waals surface area contributed by atoms with E-state index in [4.69, 9.17) is 4.74 Å². The van der Waals surface area contributed by atoms with Gasteiger partial charge in [-0.15, -0.1) is 0 Å². The molecular weight excluding hydrogens is 340 g/mol. The van der Waals surface area contributed by atoms with Crippen LogP contribution in [-0.4, -0.2) is 12.7 Å². The molecule has 0 aromatic rings. The molecule has 0 saturated heterocycles. The maximum atomic E-state index is 6.17. The van der Waals surface area contributed by atoms with Crippen molar-refractivity contribution in [1.82, 2.24) is 0 Å². The molecule has 28 heavy (non-hydrogen) atoms. The second-order valence-corrected chi connectivity index (χ2v) is 9.88. The lowest BCUT2D eigenvalue weighted by Crippen LogP contribution is -2.21. The Morgan fingerprint density at radius 1 is 0.643 bits per heavy atom. The molecule has 2 fully saturated rings. The van der Waals surface area contributed by atoms with Gasteiger partial charge in [0.15, 0.2) is 0 Å². The van der Waals surface area contributed by atoms with Gasteiger partial charge in [0.1, 0.15) is 0 Å². The molecule has 164 valence electrons. The molecule has 2 rings (SSSR count). The van der Waals surface area contributed by atoms with Crippen molar-refractivity contribution in [3.8, 4) is 0 Å². The van der Waals surface area contributed by atoms with Gasteiger partial charge in [-0.1, -0.05) is 90.2 Å². The van der Waals surface area contributed by atoms with Crippen molar-refractivity contribution in [1.29, 1.82) is 0 Å². The van der Waals surface area contributed by atoms with Gasteiger partial charge in [0, 0.05) is 0 Å². The standard InChI is InChI=1S/C27H50O/c1-3-5-7-8-10-13-24-15-17-26(18-16-24)14-11-23-28-27-21-19-25(20-22-27)12-9-6-4-2/h11,14,24-27H,3-10,12-13,15-23H2,1-2H3/b14-11+. The molecule has 0 atom stereocenters. The van der Waals surface area contributed by atoms with Crippen LogP contribution in [0, 0.1) is 17.8 Å². The van der Waals surface area contributed by atoms with Gasteiger partial charge in [-0.3, -0.25) is 0 Å². The number of rotatable bonds is 14. The van der Waals surface area contributed by atoms with Crippen LogP contribution in [0.4, 0.5) is 0 Å². The zero-order valence-corrected chi connectivity index (χ0v) is 19.3. The summed E-state index contributed by atoms with van der Waals surface area (Å²) in [6.07, 6.45) is 30.9. The highest BCUT2D eigenvalue weighted by Crippen LogP contribution is 2.33. The van der Waals surface area contributed by atoms with Gasteiger partial charge in [-0.2, -0.15) is 0 Å². The maximum Gasteiger partial charge on any atom is 0.0651 e. The Morgan fingerprint density at radius 3 is 1.82 bits per heavy atom. The summed E-state index contributed by atoms with van der Waals surface area (Å²) in [4.78, 5) is 0. The third-order valence-electron chi connectivity index (χ3n) is 7.45. The average molecular weight is 391 g/mol. The molecule has 2 aliphatic carbocycles. The summed E-state index contributed by atoms with van der Waals surface area (Å²) in [6.45, 7) is 5.46. The molecule has 0 unspecified atom stereocenters. The smallest absolute Gasteiger partial charge is 0.0651 e. The monoisotopic (exact) mass is 390 g/mol. The van der Waals surface area contributed by atoms with Crippen molar-refractivity contribution in [2.24, 2.45) is 17.8 Å². The van der Waals surface area contributed by atoms with Crippen LogP contribution >= 0.6 is 0 Å². The Bertz CT molecular complexity index is 372. The first kappa shape index (κ1) is 24.0. The number of allylic oxidation sites excluding steroid dienone is 1. The Hall–Kier alpha value is -0.300. The summed E-state index contributed by atoms with van der Waals surface area (Å²) in [5.74, 6) is 2.84. The number of hydrogen-bond acceptors (Lipinski definition) is 1. The van der Waals surface area contributed by atoms with Crippen molar-refractivity contribution in [3.05, 3.63) is 12.2 Å². The van der Waals surface area contributed by atoms with Crippen LogP contribution in [0.1, 0.15) is 129 Å². The minimum absolute atomic E-state index is 0.538. The van der Waals surface area contributed by atoms with E-state index in [1.807, 2.05) is 0 Å². The minimum atomic E-state index is 0.538. The van der Waals surface area contributed by atoms with E-state index >= 15 is 0 Å². The van der Waals surface area contributed by atoms with Crippen molar-refractivity contribution < 1.29 is 4.74 Å². The molecule has 0 heterocycles. The summed E-state index contributed by atoms with van der Waals surface area (Å²) in [7, 11) is 0. The topological polar surface area (TPSA) is 9.23 Å². The summed E-state index contributed by atoms with van der Waals surface area (Å²) < 4.78 is 6.17. The number of ether oxygens (including phenoxy) is 1. The highest BCUT2D eigenvalue weighted by Gasteiger charge is 2.21. The lowest BCUT2D eigenvalue weighted by atomic mass is 9.79. The fourth-order valence-corrected chi connectivity index (χ4v) is 5.42. The van der Waals surface area contributed by atoms with E-state index in [-0.39, 0.29) is 0 Å². The molecular formula is C27H50O. The first-order valence-electron chi connectivity index (χ1n) is 13.1. The molecule has 0 N–H and O–H groups in total. The Balaban J connectivity index is 1.46. The van der Waals surface area contributed by atoms with E-state index in [1.54, 1.807) is 0 Å². The van der Waals surface area contributed by atoms with Gasteiger partial charge < -0.3 is 4.74 Å². The third kappa shape index (κ3) is 10.5. The molecule has 2 aliphatic rings. The van der Waals surface area contributed by atoms with Crippen LogP contribution in [0.3, 0.4) is 0 Å². The highest BCUT2D eigenvalue weighted by molar-refractivity contribution is 4.91. The zero-order chi connectivity index (χ0) is 19.9. The molecule has 0 spiro atoms. The molecule has 0 aromatic carbocycles. The first-order chi connectivity index (χ1) is 13.8. The van der Waals surface area contributed by atoms with Crippen LogP contribution in [0.2, 0.25) is 0 Å². The van der Waals surface area contributed by atoms with Gasteiger partial charge in [-0.05, 0) is 69.1 Å². The first-order valence-corrected chi connectivity index (χ1v) is 13.1. The third-order valence-corrected chi connectivity index (χ3v) is 7.45. The Morgan fingerprint density at radius 2 is 1.18 bits per heavy atom. The second-order valence-electron chi connectivity index (χ2n) is 9.88. The lowest BCUT2D eigenvalue weighted by molar-refractivity contribution is 0.0331. The van der Waals surface area contributed by atoms with E-state index < -0.39 is 0 Å². The molecule has 0 bridgehead atoms. The van der Waals surface area contributed by atoms with Gasteiger partial charge >= 0.3 is 0 Å². The summed E-state index contributed by atoms with van der Waals surface area (Å²) in [6, 6.07) is 0. The second kappa shape index (κ2) is 15.5.